The Bertz CT molecular complexity index is 426. The van der Waals surface area contributed by atoms with Crippen LogP contribution in [-0.4, -0.2) is 26.3 Å². The third-order valence-electron chi connectivity index (χ3n) is 3.90. The first-order chi connectivity index (χ1) is 8.57. The summed E-state index contributed by atoms with van der Waals surface area (Å²) >= 11 is 3.25. The Balaban J connectivity index is 2.21. The molecule has 0 bridgehead atoms. The van der Waals surface area contributed by atoms with Crippen LogP contribution in [0.5, 0.6) is 0 Å². The minimum Gasteiger partial charge on any atom is -0.378 e. The molecule has 100 valence electrons. The monoisotopic (exact) mass is 315 g/mol. The van der Waals surface area contributed by atoms with Crippen LogP contribution in [0.25, 0.3) is 0 Å². The zero-order valence-electron chi connectivity index (χ0n) is 10.8. The van der Waals surface area contributed by atoms with Crippen LogP contribution in [0.3, 0.4) is 0 Å². The van der Waals surface area contributed by atoms with E-state index in [0.29, 0.717) is 4.47 Å². The van der Waals surface area contributed by atoms with Crippen LogP contribution in [0.1, 0.15) is 18.9 Å². The molecule has 2 rings (SSSR count). The molecule has 18 heavy (non-hydrogen) atoms. The van der Waals surface area contributed by atoms with Gasteiger partial charge in [0.1, 0.15) is 5.82 Å². The van der Waals surface area contributed by atoms with Gasteiger partial charge >= 0.3 is 0 Å². The van der Waals surface area contributed by atoms with E-state index in [1.54, 1.807) is 0 Å². The third-order valence-corrected chi connectivity index (χ3v) is 4.51. The van der Waals surface area contributed by atoms with Crippen molar-refractivity contribution in [2.24, 2.45) is 5.41 Å². The molecule has 1 aromatic carbocycles. The first kappa shape index (κ1) is 14.0. The fraction of sp³-hybridized carbons (Fsp3) is 0.571. The van der Waals surface area contributed by atoms with E-state index in [0.717, 1.165) is 31.6 Å². The maximum atomic E-state index is 13.2. The smallest absolute Gasteiger partial charge is 0.137 e. The molecule has 2 nitrogen and oxygen atoms in total. The Kier molecular flexibility index (Phi) is 4.41. The number of nitrogens with one attached hydrogen (secondary N) is 1. The third kappa shape index (κ3) is 2.76. The molecule has 1 aliphatic heterocycles. The predicted molar refractivity (Wildman–Crippen MR) is 74.2 cm³/mol. The van der Waals surface area contributed by atoms with Gasteiger partial charge in [0.25, 0.3) is 0 Å². The number of ether oxygens (including phenoxy) is 1. The van der Waals surface area contributed by atoms with E-state index in [2.05, 4.69) is 28.2 Å². The van der Waals surface area contributed by atoms with E-state index < -0.39 is 0 Å². The number of hydrogen-bond donors (Lipinski definition) is 1. The summed E-state index contributed by atoms with van der Waals surface area (Å²) in [6, 6.07) is 5.26. The molecule has 0 saturated carbocycles. The van der Waals surface area contributed by atoms with E-state index in [-0.39, 0.29) is 17.3 Å². The SMILES string of the molecule is CNCC1(Cc2ccc(F)c(Br)c2)CCOC1C. The van der Waals surface area contributed by atoms with Gasteiger partial charge < -0.3 is 10.1 Å². The fourth-order valence-corrected chi connectivity index (χ4v) is 3.18. The molecule has 0 aromatic heterocycles. The van der Waals surface area contributed by atoms with Gasteiger partial charge in [-0.15, -0.1) is 0 Å². The van der Waals surface area contributed by atoms with Crippen molar-refractivity contribution < 1.29 is 9.13 Å². The van der Waals surface area contributed by atoms with Gasteiger partial charge in [0.15, 0.2) is 0 Å². The zero-order valence-corrected chi connectivity index (χ0v) is 12.4. The highest BCUT2D eigenvalue weighted by atomic mass is 79.9. The van der Waals surface area contributed by atoms with Crippen molar-refractivity contribution >= 4 is 15.9 Å². The van der Waals surface area contributed by atoms with Crippen molar-refractivity contribution in [3.05, 3.63) is 34.1 Å². The van der Waals surface area contributed by atoms with Crippen molar-refractivity contribution in [2.75, 3.05) is 20.2 Å². The Labute approximate surface area is 116 Å². The zero-order chi connectivity index (χ0) is 13.2. The lowest BCUT2D eigenvalue weighted by atomic mass is 9.76. The second-order valence-corrected chi connectivity index (χ2v) is 5.94. The quantitative estimate of drug-likeness (QED) is 0.921. The summed E-state index contributed by atoms with van der Waals surface area (Å²) in [4.78, 5) is 0. The van der Waals surface area contributed by atoms with Gasteiger partial charge in [-0.2, -0.15) is 0 Å². The molecule has 2 unspecified atom stereocenters. The van der Waals surface area contributed by atoms with Crippen molar-refractivity contribution in [1.29, 1.82) is 0 Å². The van der Waals surface area contributed by atoms with E-state index in [4.69, 9.17) is 4.74 Å². The van der Waals surface area contributed by atoms with E-state index in [1.165, 1.54) is 6.07 Å². The lowest BCUT2D eigenvalue weighted by Crippen LogP contribution is -2.40. The van der Waals surface area contributed by atoms with Crippen molar-refractivity contribution in [2.45, 2.75) is 25.9 Å². The number of halogens is 2. The normalized spacial score (nSPS) is 27.7. The first-order valence-electron chi connectivity index (χ1n) is 6.27. The molecule has 1 aliphatic rings. The lowest BCUT2D eigenvalue weighted by Gasteiger charge is -2.32. The summed E-state index contributed by atoms with van der Waals surface area (Å²) in [6.45, 7) is 3.86. The molecule has 2 atom stereocenters. The van der Waals surface area contributed by atoms with E-state index in [1.807, 2.05) is 19.2 Å². The van der Waals surface area contributed by atoms with E-state index >= 15 is 0 Å². The minimum atomic E-state index is -0.211. The highest BCUT2D eigenvalue weighted by Crippen LogP contribution is 2.38. The molecule has 1 saturated heterocycles. The summed E-state index contributed by atoms with van der Waals surface area (Å²) in [6.07, 6.45) is 2.19. The Morgan fingerprint density at radius 2 is 2.33 bits per heavy atom. The average molecular weight is 316 g/mol. The van der Waals surface area contributed by atoms with Gasteiger partial charge in [0, 0.05) is 18.6 Å². The molecule has 0 aliphatic carbocycles. The molecule has 1 N–H and O–H groups in total. The van der Waals surface area contributed by atoms with Crippen LogP contribution < -0.4 is 5.32 Å². The van der Waals surface area contributed by atoms with Gasteiger partial charge in [-0.1, -0.05) is 6.07 Å². The van der Waals surface area contributed by atoms with Gasteiger partial charge in [-0.3, -0.25) is 0 Å². The molecular formula is C14H19BrFNO. The first-order valence-corrected chi connectivity index (χ1v) is 7.07. The molecule has 1 aromatic rings. The van der Waals surface area contributed by atoms with Crippen LogP contribution in [0.2, 0.25) is 0 Å². The van der Waals surface area contributed by atoms with Crippen LogP contribution in [0.4, 0.5) is 4.39 Å². The fourth-order valence-electron chi connectivity index (χ4n) is 2.75. The van der Waals surface area contributed by atoms with Crippen molar-refractivity contribution in [1.82, 2.24) is 5.32 Å². The van der Waals surface area contributed by atoms with Gasteiger partial charge in [0.2, 0.25) is 0 Å². The molecule has 4 heteroatoms. The number of benzene rings is 1. The minimum absolute atomic E-state index is 0.117. The van der Waals surface area contributed by atoms with Gasteiger partial charge in [0.05, 0.1) is 10.6 Å². The summed E-state index contributed by atoms with van der Waals surface area (Å²) in [5.74, 6) is -0.211. The Morgan fingerprint density at radius 3 is 2.89 bits per heavy atom. The number of rotatable bonds is 4. The molecule has 1 heterocycles. The molecule has 0 radical (unpaired) electrons. The summed E-state index contributed by atoms with van der Waals surface area (Å²) in [7, 11) is 1.97. The van der Waals surface area contributed by atoms with Gasteiger partial charge in [-0.05, 0) is 60.4 Å². The molecule has 1 fully saturated rings. The maximum Gasteiger partial charge on any atom is 0.137 e. The summed E-state index contributed by atoms with van der Waals surface area (Å²) < 4.78 is 19.5. The second-order valence-electron chi connectivity index (χ2n) is 5.08. The van der Waals surface area contributed by atoms with Crippen molar-refractivity contribution in [3.63, 3.8) is 0 Å². The summed E-state index contributed by atoms with van der Waals surface area (Å²) in [5.41, 5.74) is 1.27. The summed E-state index contributed by atoms with van der Waals surface area (Å²) in [5, 5.41) is 3.26. The Morgan fingerprint density at radius 1 is 1.56 bits per heavy atom. The number of hydrogen-bond acceptors (Lipinski definition) is 2. The standard InChI is InChI=1S/C14H19BrFNO/c1-10-14(9-17-2,5-6-18-10)8-11-3-4-13(16)12(15)7-11/h3-4,7,10,17H,5-6,8-9H2,1-2H3. The largest absolute Gasteiger partial charge is 0.378 e. The van der Waals surface area contributed by atoms with Crippen LogP contribution in [0, 0.1) is 11.2 Å². The molecule has 0 amide bonds. The Hall–Kier alpha value is -0.450. The van der Waals surface area contributed by atoms with Crippen LogP contribution in [0.15, 0.2) is 22.7 Å². The van der Waals surface area contributed by atoms with Crippen molar-refractivity contribution in [3.8, 4) is 0 Å². The highest BCUT2D eigenvalue weighted by Gasteiger charge is 2.40. The predicted octanol–water partition coefficient (Wildman–Crippen LogP) is 3.15. The second kappa shape index (κ2) is 5.68. The average Bonchev–Trinajstić information content (AvgIpc) is 2.66. The molecular weight excluding hydrogens is 297 g/mol. The van der Waals surface area contributed by atoms with E-state index in [9.17, 15) is 4.39 Å². The highest BCUT2D eigenvalue weighted by molar-refractivity contribution is 9.10. The van der Waals surface area contributed by atoms with Crippen LogP contribution in [-0.2, 0) is 11.2 Å². The van der Waals surface area contributed by atoms with Gasteiger partial charge in [-0.25, -0.2) is 4.39 Å². The van der Waals surface area contributed by atoms with Crippen LogP contribution >= 0.6 is 15.9 Å². The molecule has 0 spiro atoms. The topological polar surface area (TPSA) is 21.3 Å². The maximum absolute atomic E-state index is 13.2. The lowest BCUT2D eigenvalue weighted by molar-refractivity contribution is 0.0640.